The number of rotatable bonds is 7. The predicted octanol–water partition coefficient (Wildman–Crippen LogP) is 4.20. The Kier molecular flexibility index (Phi) is 6.04. The van der Waals surface area contributed by atoms with Crippen LogP contribution in [0, 0.1) is 0 Å². The fraction of sp³-hybridized carbons (Fsp3) is 0.200. The summed E-state index contributed by atoms with van der Waals surface area (Å²) in [6, 6.07) is 19.4. The molecule has 0 amide bonds. The van der Waals surface area contributed by atoms with Crippen molar-refractivity contribution < 1.29 is 5.11 Å². The van der Waals surface area contributed by atoms with Crippen molar-refractivity contribution in [2.45, 2.75) is 19.5 Å². The fourth-order valence-electron chi connectivity index (χ4n) is 2.45. The van der Waals surface area contributed by atoms with Crippen LogP contribution in [0.1, 0.15) is 12.5 Å². The van der Waals surface area contributed by atoms with Gasteiger partial charge in [0.05, 0.1) is 12.3 Å². The Morgan fingerprint density at radius 2 is 1.77 bits per heavy atom. The molecule has 1 atom stereocenters. The van der Waals surface area contributed by atoms with Crippen LogP contribution in [-0.2, 0) is 6.54 Å². The highest BCUT2D eigenvalue weighted by Crippen LogP contribution is 2.23. The van der Waals surface area contributed by atoms with Crippen LogP contribution in [0.25, 0.3) is 11.3 Å². The molecule has 3 aromatic rings. The van der Waals surface area contributed by atoms with Gasteiger partial charge in [-0.2, -0.15) is 4.98 Å². The SMILES string of the molecule is C[C@H](CO)Nc1nc(NCc2ccccc2Cl)cc(-c2ccccc2)n1. The third kappa shape index (κ3) is 4.71. The number of hydrogen-bond donors (Lipinski definition) is 3. The molecule has 2 aromatic carbocycles. The molecule has 0 spiro atoms. The molecule has 0 saturated carbocycles. The van der Waals surface area contributed by atoms with E-state index >= 15 is 0 Å². The topological polar surface area (TPSA) is 70.1 Å². The van der Waals surface area contributed by atoms with Gasteiger partial charge in [0.15, 0.2) is 0 Å². The summed E-state index contributed by atoms with van der Waals surface area (Å²) in [4.78, 5) is 9.07. The quantitative estimate of drug-likeness (QED) is 0.583. The van der Waals surface area contributed by atoms with Gasteiger partial charge in [-0.05, 0) is 18.6 Å². The van der Waals surface area contributed by atoms with E-state index in [1.807, 2.05) is 67.6 Å². The lowest BCUT2D eigenvalue weighted by atomic mass is 10.1. The average Bonchev–Trinajstić information content (AvgIpc) is 2.68. The van der Waals surface area contributed by atoms with E-state index < -0.39 is 0 Å². The van der Waals surface area contributed by atoms with Gasteiger partial charge in [0.1, 0.15) is 5.82 Å². The summed E-state index contributed by atoms with van der Waals surface area (Å²) in [5.74, 6) is 1.15. The van der Waals surface area contributed by atoms with E-state index in [2.05, 4.69) is 20.6 Å². The van der Waals surface area contributed by atoms with Crippen LogP contribution >= 0.6 is 11.6 Å². The number of halogens is 1. The van der Waals surface area contributed by atoms with Crippen LogP contribution in [0.15, 0.2) is 60.7 Å². The monoisotopic (exact) mass is 368 g/mol. The standard InChI is InChI=1S/C20H21ClN4O/c1-14(13-26)23-20-24-18(15-7-3-2-4-8-15)11-19(25-20)22-12-16-9-5-6-10-17(16)21/h2-11,14,26H,12-13H2,1H3,(H2,22,23,24,25)/t14-/m1/s1. The Bertz CT molecular complexity index is 857. The van der Waals surface area contributed by atoms with Crippen molar-refractivity contribution >= 4 is 23.4 Å². The van der Waals surface area contributed by atoms with Gasteiger partial charge in [-0.15, -0.1) is 0 Å². The number of aliphatic hydroxyl groups excluding tert-OH is 1. The summed E-state index contributed by atoms with van der Waals surface area (Å²) in [6.45, 7) is 2.43. The molecule has 0 aliphatic carbocycles. The van der Waals surface area contributed by atoms with Crippen LogP contribution in [0.4, 0.5) is 11.8 Å². The maximum absolute atomic E-state index is 9.29. The van der Waals surface area contributed by atoms with Crippen LogP contribution < -0.4 is 10.6 Å². The highest BCUT2D eigenvalue weighted by molar-refractivity contribution is 6.31. The zero-order valence-electron chi connectivity index (χ0n) is 14.5. The van der Waals surface area contributed by atoms with Crippen molar-refractivity contribution in [3.63, 3.8) is 0 Å². The van der Waals surface area contributed by atoms with Gasteiger partial charge >= 0.3 is 0 Å². The van der Waals surface area contributed by atoms with Crippen molar-refractivity contribution in [1.82, 2.24) is 9.97 Å². The Morgan fingerprint density at radius 1 is 1.04 bits per heavy atom. The largest absolute Gasteiger partial charge is 0.394 e. The van der Waals surface area contributed by atoms with E-state index in [0.29, 0.717) is 23.3 Å². The molecule has 0 fully saturated rings. The van der Waals surface area contributed by atoms with E-state index in [1.165, 1.54) is 0 Å². The van der Waals surface area contributed by atoms with Gasteiger partial charge in [-0.1, -0.05) is 60.1 Å². The number of hydrogen-bond acceptors (Lipinski definition) is 5. The van der Waals surface area contributed by atoms with Gasteiger partial charge in [0, 0.05) is 29.2 Å². The first-order chi connectivity index (χ1) is 12.7. The highest BCUT2D eigenvalue weighted by Gasteiger charge is 2.09. The number of aliphatic hydroxyl groups is 1. The molecular formula is C20H21ClN4O. The lowest BCUT2D eigenvalue weighted by Gasteiger charge is -2.14. The molecule has 0 aliphatic rings. The number of nitrogens with zero attached hydrogens (tertiary/aromatic N) is 2. The number of nitrogens with one attached hydrogen (secondary N) is 2. The van der Waals surface area contributed by atoms with Crippen molar-refractivity contribution in [3.05, 3.63) is 71.2 Å². The fourth-order valence-corrected chi connectivity index (χ4v) is 2.66. The molecule has 0 unspecified atom stereocenters. The van der Waals surface area contributed by atoms with Gasteiger partial charge in [-0.25, -0.2) is 4.98 Å². The van der Waals surface area contributed by atoms with Crippen LogP contribution in [0.3, 0.4) is 0 Å². The van der Waals surface area contributed by atoms with E-state index in [9.17, 15) is 5.11 Å². The summed E-state index contributed by atoms with van der Waals surface area (Å²) in [5.41, 5.74) is 2.79. The molecule has 0 bridgehead atoms. The van der Waals surface area contributed by atoms with Crippen molar-refractivity contribution in [2.24, 2.45) is 0 Å². The molecule has 134 valence electrons. The summed E-state index contributed by atoms with van der Waals surface area (Å²) in [5, 5.41) is 16.4. The summed E-state index contributed by atoms with van der Waals surface area (Å²) in [7, 11) is 0. The summed E-state index contributed by atoms with van der Waals surface area (Å²) >= 11 is 6.22. The second kappa shape index (κ2) is 8.65. The molecule has 1 heterocycles. The zero-order chi connectivity index (χ0) is 18.4. The molecule has 5 nitrogen and oxygen atoms in total. The lowest BCUT2D eigenvalue weighted by Crippen LogP contribution is -2.21. The van der Waals surface area contributed by atoms with Crippen LogP contribution in [-0.4, -0.2) is 27.7 Å². The van der Waals surface area contributed by atoms with Gasteiger partial charge in [0.2, 0.25) is 5.95 Å². The smallest absolute Gasteiger partial charge is 0.225 e. The molecule has 6 heteroatoms. The Labute approximate surface area is 158 Å². The van der Waals surface area contributed by atoms with Crippen molar-refractivity contribution in [2.75, 3.05) is 17.2 Å². The summed E-state index contributed by atoms with van der Waals surface area (Å²) in [6.07, 6.45) is 0. The number of anilines is 2. The Morgan fingerprint density at radius 3 is 2.50 bits per heavy atom. The normalized spacial score (nSPS) is 11.8. The maximum atomic E-state index is 9.29. The minimum Gasteiger partial charge on any atom is -0.394 e. The minimum atomic E-state index is -0.141. The third-order valence-corrected chi connectivity index (χ3v) is 4.23. The molecule has 0 aliphatic heterocycles. The second-order valence-corrected chi connectivity index (χ2v) is 6.41. The Hall–Kier alpha value is -2.63. The maximum Gasteiger partial charge on any atom is 0.225 e. The zero-order valence-corrected chi connectivity index (χ0v) is 15.2. The van der Waals surface area contributed by atoms with E-state index in [1.54, 1.807) is 0 Å². The van der Waals surface area contributed by atoms with Crippen molar-refractivity contribution in [1.29, 1.82) is 0 Å². The molecule has 0 radical (unpaired) electrons. The molecule has 3 N–H and O–H groups in total. The summed E-state index contributed by atoms with van der Waals surface area (Å²) < 4.78 is 0. The number of aromatic nitrogens is 2. The van der Waals surface area contributed by atoms with Crippen LogP contribution in [0.2, 0.25) is 5.02 Å². The Balaban J connectivity index is 1.88. The average molecular weight is 369 g/mol. The highest BCUT2D eigenvalue weighted by atomic mass is 35.5. The van der Waals surface area contributed by atoms with Gasteiger partial charge in [-0.3, -0.25) is 0 Å². The van der Waals surface area contributed by atoms with Crippen LogP contribution in [0.5, 0.6) is 0 Å². The van der Waals surface area contributed by atoms with Gasteiger partial charge in [0.25, 0.3) is 0 Å². The van der Waals surface area contributed by atoms with E-state index in [0.717, 1.165) is 16.8 Å². The van der Waals surface area contributed by atoms with E-state index in [4.69, 9.17) is 11.6 Å². The van der Waals surface area contributed by atoms with Crippen molar-refractivity contribution in [3.8, 4) is 11.3 Å². The molecule has 1 aromatic heterocycles. The molecule has 26 heavy (non-hydrogen) atoms. The second-order valence-electron chi connectivity index (χ2n) is 6.00. The lowest BCUT2D eigenvalue weighted by molar-refractivity contribution is 0.281. The molecular weight excluding hydrogens is 348 g/mol. The number of benzene rings is 2. The molecule has 0 saturated heterocycles. The first-order valence-corrected chi connectivity index (χ1v) is 8.82. The first kappa shape index (κ1) is 18.2. The minimum absolute atomic E-state index is 0.00130. The van der Waals surface area contributed by atoms with Gasteiger partial charge < -0.3 is 15.7 Å². The first-order valence-electron chi connectivity index (χ1n) is 8.45. The third-order valence-electron chi connectivity index (χ3n) is 3.86. The predicted molar refractivity (Wildman–Crippen MR) is 106 cm³/mol. The molecule has 3 rings (SSSR count). The van der Waals surface area contributed by atoms with E-state index in [-0.39, 0.29) is 12.6 Å².